The molecule has 0 saturated carbocycles. The van der Waals surface area contributed by atoms with Crippen LogP contribution in [0, 0.1) is 18.6 Å². The Morgan fingerprint density at radius 1 is 0.786 bits per heavy atom. The molecule has 140 valence electrons. The van der Waals surface area contributed by atoms with Gasteiger partial charge < -0.3 is 0 Å². The maximum Gasteiger partial charge on any atom is 0.123 e. The van der Waals surface area contributed by atoms with Gasteiger partial charge in [-0.2, -0.15) is 5.10 Å². The first-order valence-electron chi connectivity index (χ1n) is 8.85. The number of hydrogen-bond acceptors (Lipinski definition) is 1. The molecule has 0 saturated heterocycles. The van der Waals surface area contributed by atoms with Gasteiger partial charge in [0, 0.05) is 21.7 Å². The Kier molecular flexibility index (Phi) is 4.97. The molecule has 4 rings (SSSR count). The summed E-state index contributed by atoms with van der Waals surface area (Å²) in [6.07, 6.45) is 0. The molecule has 0 fully saturated rings. The van der Waals surface area contributed by atoms with Crippen LogP contribution in [0.1, 0.15) is 11.1 Å². The van der Waals surface area contributed by atoms with Crippen molar-refractivity contribution >= 4 is 11.6 Å². The summed E-state index contributed by atoms with van der Waals surface area (Å²) in [4.78, 5) is 0. The number of benzene rings is 3. The lowest BCUT2D eigenvalue weighted by Gasteiger charge is -2.09. The summed E-state index contributed by atoms with van der Waals surface area (Å²) in [7, 11) is 0. The van der Waals surface area contributed by atoms with Crippen LogP contribution in [0.4, 0.5) is 8.78 Å². The summed E-state index contributed by atoms with van der Waals surface area (Å²) in [5, 5.41) is 5.47. The van der Waals surface area contributed by atoms with Crippen LogP contribution in [0.25, 0.3) is 22.5 Å². The zero-order chi connectivity index (χ0) is 19.7. The Bertz CT molecular complexity index is 1100. The van der Waals surface area contributed by atoms with Crippen molar-refractivity contribution in [2.75, 3.05) is 0 Å². The zero-order valence-electron chi connectivity index (χ0n) is 15.2. The Labute approximate surface area is 167 Å². The van der Waals surface area contributed by atoms with Gasteiger partial charge in [-0.05, 0) is 73.2 Å². The molecule has 3 aromatic carbocycles. The van der Waals surface area contributed by atoms with Crippen LogP contribution < -0.4 is 0 Å². The Hall–Kier alpha value is -2.98. The predicted octanol–water partition coefficient (Wildman–Crippen LogP) is 6.51. The van der Waals surface area contributed by atoms with Gasteiger partial charge in [-0.15, -0.1) is 0 Å². The van der Waals surface area contributed by atoms with E-state index in [-0.39, 0.29) is 11.6 Å². The Balaban J connectivity index is 1.84. The van der Waals surface area contributed by atoms with Crippen molar-refractivity contribution in [3.8, 4) is 22.5 Å². The van der Waals surface area contributed by atoms with E-state index in [4.69, 9.17) is 16.7 Å². The molecule has 28 heavy (non-hydrogen) atoms. The topological polar surface area (TPSA) is 17.8 Å². The minimum absolute atomic E-state index is 0.288. The van der Waals surface area contributed by atoms with Gasteiger partial charge in [-0.1, -0.05) is 23.7 Å². The average molecular weight is 395 g/mol. The van der Waals surface area contributed by atoms with Gasteiger partial charge >= 0.3 is 0 Å². The predicted molar refractivity (Wildman–Crippen MR) is 108 cm³/mol. The number of nitrogens with zero attached hydrogens (tertiary/aromatic N) is 2. The number of rotatable bonds is 4. The van der Waals surface area contributed by atoms with Gasteiger partial charge in [-0.25, -0.2) is 8.78 Å². The first-order chi connectivity index (χ1) is 13.5. The first-order valence-corrected chi connectivity index (χ1v) is 9.23. The van der Waals surface area contributed by atoms with Crippen molar-refractivity contribution < 1.29 is 8.78 Å². The Morgan fingerprint density at radius 2 is 1.32 bits per heavy atom. The number of aromatic nitrogens is 2. The van der Waals surface area contributed by atoms with Gasteiger partial charge in [-0.3, -0.25) is 4.68 Å². The summed E-state index contributed by atoms with van der Waals surface area (Å²) in [6, 6.07) is 20.2. The largest absolute Gasteiger partial charge is 0.260 e. The van der Waals surface area contributed by atoms with Crippen molar-refractivity contribution in [3.63, 3.8) is 0 Å². The fourth-order valence-electron chi connectivity index (χ4n) is 3.28. The summed E-state index contributed by atoms with van der Waals surface area (Å²) in [5.41, 5.74) is 5.36. The highest BCUT2D eigenvalue weighted by Gasteiger charge is 2.18. The third kappa shape index (κ3) is 3.69. The van der Waals surface area contributed by atoms with Crippen LogP contribution in [0.3, 0.4) is 0 Å². The molecule has 0 bridgehead atoms. The highest BCUT2D eigenvalue weighted by Crippen LogP contribution is 2.32. The molecular weight excluding hydrogens is 378 g/mol. The monoisotopic (exact) mass is 394 g/mol. The molecule has 0 amide bonds. The second-order valence-corrected chi connectivity index (χ2v) is 7.06. The van der Waals surface area contributed by atoms with E-state index in [1.807, 2.05) is 35.9 Å². The lowest BCUT2D eigenvalue weighted by Crippen LogP contribution is -2.04. The molecule has 0 atom stereocenters. The molecule has 0 aliphatic heterocycles. The molecule has 0 radical (unpaired) electrons. The van der Waals surface area contributed by atoms with Crippen LogP contribution in [-0.2, 0) is 6.54 Å². The molecular formula is C23H17ClF2N2. The van der Waals surface area contributed by atoms with Crippen molar-refractivity contribution in [3.05, 3.63) is 101 Å². The summed E-state index contributed by atoms with van der Waals surface area (Å²) >= 11 is 5.99. The fourth-order valence-corrected chi connectivity index (χ4v) is 3.41. The second-order valence-electron chi connectivity index (χ2n) is 6.62. The smallest absolute Gasteiger partial charge is 0.123 e. The van der Waals surface area contributed by atoms with Crippen molar-refractivity contribution in [1.29, 1.82) is 0 Å². The standard InChI is InChI=1S/C23H17ClF2N2/c1-15-22(17-4-10-20(25)11-5-17)27-28(14-16-2-8-19(24)9-3-16)23(15)18-6-12-21(26)13-7-18/h2-13H,14H2,1H3. The van der Waals surface area contributed by atoms with Crippen molar-refractivity contribution in [2.45, 2.75) is 13.5 Å². The van der Waals surface area contributed by atoms with Gasteiger partial charge in [0.05, 0.1) is 17.9 Å². The normalized spacial score (nSPS) is 11.0. The van der Waals surface area contributed by atoms with Crippen LogP contribution in [0.5, 0.6) is 0 Å². The fraction of sp³-hybridized carbons (Fsp3) is 0.0870. The average Bonchev–Trinajstić information content (AvgIpc) is 3.01. The lowest BCUT2D eigenvalue weighted by atomic mass is 10.0. The molecule has 0 N–H and O–H groups in total. The van der Waals surface area contributed by atoms with E-state index in [1.165, 1.54) is 24.3 Å². The van der Waals surface area contributed by atoms with Gasteiger partial charge in [0.25, 0.3) is 0 Å². The van der Waals surface area contributed by atoms with Gasteiger partial charge in [0.2, 0.25) is 0 Å². The van der Waals surface area contributed by atoms with Gasteiger partial charge in [0.15, 0.2) is 0 Å². The Morgan fingerprint density at radius 3 is 1.89 bits per heavy atom. The molecule has 0 spiro atoms. The number of halogens is 3. The first kappa shape index (κ1) is 18.4. The minimum atomic E-state index is -0.291. The highest BCUT2D eigenvalue weighted by atomic mass is 35.5. The quantitative estimate of drug-likeness (QED) is 0.386. The molecule has 0 aliphatic carbocycles. The van der Waals surface area contributed by atoms with E-state index >= 15 is 0 Å². The SMILES string of the molecule is Cc1c(-c2ccc(F)cc2)nn(Cc2ccc(Cl)cc2)c1-c1ccc(F)cc1. The minimum Gasteiger partial charge on any atom is -0.260 e. The molecule has 5 heteroatoms. The third-order valence-corrected chi connectivity index (χ3v) is 4.92. The van der Waals surface area contributed by atoms with Crippen LogP contribution >= 0.6 is 11.6 Å². The van der Waals surface area contributed by atoms with Crippen LogP contribution in [0.15, 0.2) is 72.8 Å². The summed E-state index contributed by atoms with van der Waals surface area (Å²) in [5.74, 6) is -0.579. The van der Waals surface area contributed by atoms with Crippen molar-refractivity contribution in [2.24, 2.45) is 0 Å². The van der Waals surface area contributed by atoms with E-state index in [0.29, 0.717) is 11.6 Å². The molecule has 2 nitrogen and oxygen atoms in total. The van der Waals surface area contributed by atoms with E-state index in [0.717, 1.165) is 33.6 Å². The highest BCUT2D eigenvalue weighted by molar-refractivity contribution is 6.30. The van der Waals surface area contributed by atoms with Gasteiger partial charge in [0.1, 0.15) is 11.6 Å². The van der Waals surface area contributed by atoms with E-state index < -0.39 is 0 Å². The van der Waals surface area contributed by atoms with E-state index in [2.05, 4.69) is 0 Å². The van der Waals surface area contributed by atoms with Crippen LogP contribution in [-0.4, -0.2) is 9.78 Å². The van der Waals surface area contributed by atoms with E-state index in [9.17, 15) is 8.78 Å². The third-order valence-electron chi connectivity index (χ3n) is 4.67. The molecule has 0 unspecified atom stereocenters. The van der Waals surface area contributed by atoms with Crippen molar-refractivity contribution in [1.82, 2.24) is 9.78 Å². The van der Waals surface area contributed by atoms with E-state index in [1.54, 1.807) is 24.3 Å². The molecule has 1 aromatic heterocycles. The summed E-state index contributed by atoms with van der Waals surface area (Å²) in [6.45, 7) is 2.51. The summed E-state index contributed by atoms with van der Waals surface area (Å²) < 4.78 is 28.7. The maximum atomic E-state index is 13.4. The lowest BCUT2D eigenvalue weighted by molar-refractivity contribution is 0.627. The molecule has 0 aliphatic rings. The second kappa shape index (κ2) is 7.56. The molecule has 1 heterocycles. The number of hydrogen-bond donors (Lipinski definition) is 0. The van der Waals surface area contributed by atoms with Crippen LogP contribution in [0.2, 0.25) is 5.02 Å². The zero-order valence-corrected chi connectivity index (χ0v) is 15.9. The maximum absolute atomic E-state index is 13.4. The molecule has 4 aromatic rings.